The first-order valence-electron chi connectivity index (χ1n) is 5.40. The summed E-state index contributed by atoms with van der Waals surface area (Å²) in [4.78, 5) is 8.53. The van der Waals surface area contributed by atoms with Gasteiger partial charge in [-0.25, -0.2) is 0 Å². The molecular weight excluding hydrogens is 200 g/mol. The number of aliphatic imine (C=N–C) groups is 1. The van der Waals surface area contributed by atoms with Gasteiger partial charge in [0.05, 0.1) is 11.4 Å². The number of aromatic nitrogens is 1. The van der Waals surface area contributed by atoms with Crippen molar-refractivity contribution >= 4 is 5.71 Å². The zero-order valence-corrected chi connectivity index (χ0v) is 10.1. The van der Waals surface area contributed by atoms with Gasteiger partial charge in [0.25, 0.3) is 0 Å². The highest BCUT2D eigenvalue weighted by atomic mass is 16.5. The number of methoxy groups -OCH3 is 1. The van der Waals surface area contributed by atoms with E-state index in [0.717, 1.165) is 17.8 Å². The van der Waals surface area contributed by atoms with Gasteiger partial charge in [-0.3, -0.25) is 9.98 Å². The maximum absolute atomic E-state index is 5.44. The van der Waals surface area contributed by atoms with Crippen molar-refractivity contribution in [3.05, 3.63) is 42.2 Å². The quantitative estimate of drug-likeness (QED) is 0.712. The summed E-state index contributed by atoms with van der Waals surface area (Å²) in [5, 5.41) is 0. The standard InChI is InChI=1S/C13H18N2O/c1-4-5-8-11(14-2)13(16-3)12-9-6-7-10-15-12/h5-10,13H,4H2,1-3H3/b8-5-,14-11?. The number of pyridine rings is 1. The maximum atomic E-state index is 5.44. The van der Waals surface area contributed by atoms with Gasteiger partial charge in [0.1, 0.15) is 6.10 Å². The van der Waals surface area contributed by atoms with Gasteiger partial charge in [0.15, 0.2) is 0 Å². The van der Waals surface area contributed by atoms with Crippen LogP contribution < -0.4 is 0 Å². The first kappa shape index (κ1) is 12.6. The molecule has 1 rings (SSSR count). The molecule has 0 aromatic carbocycles. The van der Waals surface area contributed by atoms with E-state index in [9.17, 15) is 0 Å². The second-order valence-electron chi connectivity index (χ2n) is 3.33. The van der Waals surface area contributed by atoms with Crippen molar-refractivity contribution < 1.29 is 4.74 Å². The van der Waals surface area contributed by atoms with E-state index in [1.54, 1.807) is 20.4 Å². The Hall–Kier alpha value is -1.48. The van der Waals surface area contributed by atoms with Gasteiger partial charge in [-0.15, -0.1) is 0 Å². The summed E-state index contributed by atoms with van der Waals surface area (Å²) in [5.41, 5.74) is 1.77. The molecule has 0 bridgehead atoms. The van der Waals surface area contributed by atoms with Crippen LogP contribution in [0.25, 0.3) is 0 Å². The summed E-state index contributed by atoms with van der Waals surface area (Å²) in [5.74, 6) is 0. The smallest absolute Gasteiger partial charge is 0.140 e. The first-order chi connectivity index (χ1) is 7.83. The summed E-state index contributed by atoms with van der Waals surface area (Å²) in [6.45, 7) is 2.09. The van der Waals surface area contributed by atoms with Crippen molar-refractivity contribution in [1.82, 2.24) is 4.98 Å². The van der Waals surface area contributed by atoms with Gasteiger partial charge in [-0.1, -0.05) is 19.1 Å². The van der Waals surface area contributed by atoms with E-state index in [4.69, 9.17) is 4.74 Å². The molecule has 86 valence electrons. The molecule has 0 aliphatic carbocycles. The Morgan fingerprint density at radius 1 is 1.56 bits per heavy atom. The number of nitrogens with zero attached hydrogens (tertiary/aromatic N) is 2. The summed E-state index contributed by atoms with van der Waals surface area (Å²) >= 11 is 0. The van der Waals surface area contributed by atoms with E-state index in [0.29, 0.717) is 0 Å². The Morgan fingerprint density at radius 2 is 2.38 bits per heavy atom. The molecule has 1 aromatic heterocycles. The Bertz CT molecular complexity index is 357. The minimum Gasteiger partial charge on any atom is -0.369 e. The number of hydrogen-bond acceptors (Lipinski definition) is 3. The molecule has 0 saturated heterocycles. The molecule has 16 heavy (non-hydrogen) atoms. The topological polar surface area (TPSA) is 34.5 Å². The zero-order valence-electron chi connectivity index (χ0n) is 10.1. The molecule has 1 unspecified atom stereocenters. The van der Waals surface area contributed by atoms with Crippen LogP contribution in [0.5, 0.6) is 0 Å². The van der Waals surface area contributed by atoms with E-state index in [2.05, 4.69) is 23.0 Å². The molecule has 0 amide bonds. The Labute approximate surface area is 96.9 Å². The third kappa shape index (κ3) is 3.28. The lowest BCUT2D eigenvalue weighted by Crippen LogP contribution is -2.14. The fraction of sp³-hybridized carbons (Fsp3) is 0.385. The Kier molecular flexibility index (Phi) is 5.43. The van der Waals surface area contributed by atoms with Crippen LogP contribution in [0.15, 0.2) is 41.5 Å². The fourth-order valence-corrected chi connectivity index (χ4v) is 1.44. The van der Waals surface area contributed by atoms with E-state index < -0.39 is 0 Å². The molecule has 0 saturated carbocycles. The predicted molar refractivity (Wildman–Crippen MR) is 66.8 cm³/mol. The summed E-state index contributed by atoms with van der Waals surface area (Å²) in [7, 11) is 3.44. The molecule has 0 N–H and O–H groups in total. The molecule has 1 heterocycles. The van der Waals surface area contributed by atoms with Crippen molar-refractivity contribution in [2.45, 2.75) is 19.4 Å². The van der Waals surface area contributed by atoms with Gasteiger partial charge in [0, 0.05) is 20.4 Å². The normalized spacial score (nSPS) is 14.3. The molecular formula is C13H18N2O. The largest absolute Gasteiger partial charge is 0.369 e. The van der Waals surface area contributed by atoms with Crippen LogP contribution in [0.1, 0.15) is 25.1 Å². The summed E-state index contributed by atoms with van der Waals surface area (Å²) < 4.78 is 5.44. The van der Waals surface area contributed by atoms with Gasteiger partial charge >= 0.3 is 0 Å². The maximum Gasteiger partial charge on any atom is 0.140 e. The zero-order chi connectivity index (χ0) is 11.8. The third-order valence-electron chi connectivity index (χ3n) is 2.24. The Balaban J connectivity index is 2.93. The van der Waals surface area contributed by atoms with Crippen LogP contribution in [-0.2, 0) is 4.74 Å². The summed E-state index contributed by atoms with van der Waals surface area (Å²) in [6.07, 6.45) is 6.62. The highest BCUT2D eigenvalue weighted by Crippen LogP contribution is 2.16. The fourth-order valence-electron chi connectivity index (χ4n) is 1.44. The molecule has 0 aliphatic heterocycles. The number of ether oxygens (including phenoxy) is 1. The van der Waals surface area contributed by atoms with E-state index in [1.807, 2.05) is 24.3 Å². The molecule has 0 aliphatic rings. The molecule has 1 aromatic rings. The van der Waals surface area contributed by atoms with Gasteiger partial charge < -0.3 is 4.74 Å². The molecule has 3 heteroatoms. The summed E-state index contributed by atoms with van der Waals surface area (Å²) in [6, 6.07) is 5.78. The van der Waals surface area contributed by atoms with Crippen LogP contribution in [-0.4, -0.2) is 24.9 Å². The lowest BCUT2D eigenvalue weighted by atomic mass is 10.1. The highest BCUT2D eigenvalue weighted by Gasteiger charge is 2.15. The average Bonchev–Trinajstić information content (AvgIpc) is 2.35. The van der Waals surface area contributed by atoms with Crippen molar-refractivity contribution in [2.75, 3.05) is 14.2 Å². The van der Waals surface area contributed by atoms with Crippen LogP contribution in [0.3, 0.4) is 0 Å². The van der Waals surface area contributed by atoms with E-state index in [1.165, 1.54) is 0 Å². The van der Waals surface area contributed by atoms with Crippen molar-refractivity contribution in [3.8, 4) is 0 Å². The second-order valence-corrected chi connectivity index (χ2v) is 3.33. The minimum absolute atomic E-state index is 0.186. The number of hydrogen-bond donors (Lipinski definition) is 0. The van der Waals surface area contributed by atoms with E-state index >= 15 is 0 Å². The third-order valence-corrected chi connectivity index (χ3v) is 2.24. The van der Waals surface area contributed by atoms with Crippen LogP contribution in [0.2, 0.25) is 0 Å². The van der Waals surface area contributed by atoms with Crippen molar-refractivity contribution in [2.24, 2.45) is 4.99 Å². The predicted octanol–water partition coefficient (Wildman–Crippen LogP) is 2.81. The molecule has 0 radical (unpaired) electrons. The van der Waals surface area contributed by atoms with Gasteiger partial charge in [-0.2, -0.15) is 0 Å². The monoisotopic (exact) mass is 218 g/mol. The second kappa shape index (κ2) is 6.90. The minimum atomic E-state index is -0.186. The molecule has 3 nitrogen and oxygen atoms in total. The lowest BCUT2D eigenvalue weighted by Gasteiger charge is -2.14. The molecule has 1 atom stereocenters. The molecule has 0 spiro atoms. The molecule has 0 fully saturated rings. The van der Waals surface area contributed by atoms with Crippen molar-refractivity contribution in [3.63, 3.8) is 0 Å². The number of rotatable bonds is 5. The average molecular weight is 218 g/mol. The lowest BCUT2D eigenvalue weighted by molar-refractivity contribution is 0.155. The van der Waals surface area contributed by atoms with Crippen LogP contribution in [0.4, 0.5) is 0 Å². The first-order valence-corrected chi connectivity index (χ1v) is 5.40. The highest BCUT2D eigenvalue weighted by molar-refractivity contribution is 5.98. The van der Waals surface area contributed by atoms with E-state index in [-0.39, 0.29) is 6.10 Å². The number of allylic oxidation sites excluding steroid dienone is 1. The van der Waals surface area contributed by atoms with Gasteiger partial charge in [-0.05, 0) is 24.6 Å². The van der Waals surface area contributed by atoms with Crippen LogP contribution >= 0.6 is 0 Å². The van der Waals surface area contributed by atoms with Crippen molar-refractivity contribution in [1.29, 1.82) is 0 Å². The van der Waals surface area contributed by atoms with Gasteiger partial charge in [0.2, 0.25) is 0 Å². The Morgan fingerprint density at radius 3 is 2.88 bits per heavy atom. The SMILES string of the molecule is CC/C=C\C(=NC)C(OC)c1ccccn1. The van der Waals surface area contributed by atoms with Crippen LogP contribution in [0, 0.1) is 0 Å².